The van der Waals surface area contributed by atoms with Gasteiger partial charge >= 0.3 is 0 Å². The standard InChI is InChI=1S/C13H12BrNO2/c1-17-13-3-2-11(14)8-10(13)9-15-6-4-12(16)5-7-15/h2-8H,9H2,1H3. The fraction of sp³-hybridized carbons (Fsp3) is 0.154. The summed E-state index contributed by atoms with van der Waals surface area (Å²) in [5.74, 6) is 0.840. The summed E-state index contributed by atoms with van der Waals surface area (Å²) < 4.78 is 8.25. The summed E-state index contributed by atoms with van der Waals surface area (Å²) in [4.78, 5) is 11.0. The minimum Gasteiger partial charge on any atom is -0.496 e. The molecule has 3 nitrogen and oxygen atoms in total. The quantitative estimate of drug-likeness (QED) is 0.871. The second kappa shape index (κ2) is 5.19. The van der Waals surface area contributed by atoms with Crippen LogP contribution in [0.5, 0.6) is 5.75 Å². The maximum atomic E-state index is 11.0. The van der Waals surface area contributed by atoms with Gasteiger partial charge in [-0.25, -0.2) is 0 Å². The molecule has 0 aliphatic heterocycles. The molecule has 2 rings (SSSR count). The van der Waals surface area contributed by atoms with Gasteiger partial charge in [-0.1, -0.05) is 15.9 Å². The van der Waals surface area contributed by atoms with Crippen LogP contribution >= 0.6 is 15.9 Å². The molecule has 0 saturated carbocycles. The number of halogens is 1. The van der Waals surface area contributed by atoms with Gasteiger partial charge in [0.05, 0.1) is 13.7 Å². The normalized spacial score (nSPS) is 10.2. The van der Waals surface area contributed by atoms with E-state index in [1.54, 1.807) is 31.6 Å². The van der Waals surface area contributed by atoms with E-state index in [9.17, 15) is 4.79 Å². The molecule has 0 radical (unpaired) electrons. The van der Waals surface area contributed by atoms with E-state index in [1.165, 1.54) is 0 Å². The highest BCUT2D eigenvalue weighted by molar-refractivity contribution is 9.10. The summed E-state index contributed by atoms with van der Waals surface area (Å²) in [5.41, 5.74) is 1.08. The number of hydrogen-bond donors (Lipinski definition) is 0. The summed E-state index contributed by atoms with van der Waals surface area (Å²) in [6, 6.07) is 8.96. The first-order valence-corrected chi connectivity index (χ1v) is 5.97. The molecule has 0 amide bonds. The van der Waals surface area contributed by atoms with Crippen molar-refractivity contribution < 1.29 is 4.74 Å². The first-order valence-electron chi connectivity index (χ1n) is 5.17. The van der Waals surface area contributed by atoms with Gasteiger partial charge in [0.1, 0.15) is 5.75 Å². The lowest BCUT2D eigenvalue weighted by molar-refractivity contribution is 0.408. The van der Waals surface area contributed by atoms with Crippen molar-refractivity contribution in [1.29, 1.82) is 0 Å². The van der Waals surface area contributed by atoms with E-state index in [0.29, 0.717) is 6.54 Å². The summed E-state index contributed by atoms with van der Waals surface area (Å²) in [6.07, 6.45) is 3.53. The average molecular weight is 294 g/mol. The van der Waals surface area contributed by atoms with E-state index in [2.05, 4.69) is 15.9 Å². The number of pyridine rings is 1. The lowest BCUT2D eigenvalue weighted by Gasteiger charge is -2.11. The molecule has 0 unspecified atom stereocenters. The number of aromatic nitrogens is 1. The Morgan fingerprint density at radius 3 is 2.59 bits per heavy atom. The number of benzene rings is 1. The molecule has 1 heterocycles. The van der Waals surface area contributed by atoms with Crippen molar-refractivity contribution in [3.63, 3.8) is 0 Å². The monoisotopic (exact) mass is 293 g/mol. The zero-order valence-electron chi connectivity index (χ0n) is 9.39. The van der Waals surface area contributed by atoms with Crippen molar-refractivity contribution in [3.8, 4) is 5.75 Å². The third-order valence-corrected chi connectivity index (χ3v) is 2.95. The van der Waals surface area contributed by atoms with Crippen LogP contribution < -0.4 is 10.2 Å². The molecule has 1 aromatic carbocycles. The van der Waals surface area contributed by atoms with E-state index in [-0.39, 0.29) is 5.43 Å². The highest BCUT2D eigenvalue weighted by Gasteiger charge is 2.03. The summed E-state index contributed by atoms with van der Waals surface area (Å²) in [6.45, 7) is 0.670. The molecular weight excluding hydrogens is 282 g/mol. The van der Waals surface area contributed by atoms with Gasteiger partial charge in [0.15, 0.2) is 5.43 Å². The van der Waals surface area contributed by atoms with Gasteiger partial charge in [-0.2, -0.15) is 0 Å². The van der Waals surface area contributed by atoms with Crippen LogP contribution in [0.4, 0.5) is 0 Å². The Morgan fingerprint density at radius 2 is 1.94 bits per heavy atom. The van der Waals surface area contributed by atoms with Crippen LogP contribution in [0.3, 0.4) is 0 Å². The van der Waals surface area contributed by atoms with Crippen molar-refractivity contribution in [2.24, 2.45) is 0 Å². The molecule has 1 aromatic heterocycles. The van der Waals surface area contributed by atoms with Gasteiger partial charge in [-0.05, 0) is 18.2 Å². The third-order valence-electron chi connectivity index (χ3n) is 2.46. The first-order chi connectivity index (χ1) is 8.19. The Kier molecular flexibility index (Phi) is 3.64. The minimum absolute atomic E-state index is 0.0162. The first kappa shape index (κ1) is 11.9. The van der Waals surface area contributed by atoms with Gasteiger partial charge in [-0.15, -0.1) is 0 Å². The fourth-order valence-electron chi connectivity index (χ4n) is 1.62. The smallest absolute Gasteiger partial charge is 0.181 e. The highest BCUT2D eigenvalue weighted by Crippen LogP contribution is 2.23. The second-order valence-electron chi connectivity index (χ2n) is 3.66. The Balaban J connectivity index is 2.31. The molecule has 4 heteroatoms. The topological polar surface area (TPSA) is 31.2 Å². The molecule has 0 saturated heterocycles. The summed E-state index contributed by atoms with van der Waals surface area (Å²) in [5, 5.41) is 0. The second-order valence-corrected chi connectivity index (χ2v) is 4.58. The molecular formula is C13H12BrNO2. The zero-order valence-corrected chi connectivity index (χ0v) is 11.0. The van der Waals surface area contributed by atoms with E-state index >= 15 is 0 Å². The van der Waals surface area contributed by atoms with Crippen LogP contribution in [0.2, 0.25) is 0 Å². The van der Waals surface area contributed by atoms with Gasteiger partial charge in [-0.3, -0.25) is 4.79 Å². The Hall–Kier alpha value is -1.55. The molecule has 0 spiro atoms. The lowest BCUT2D eigenvalue weighted by Crippen LogP contribution is -2.05. The number of methoxy groups -OCH3 is 1. The number of ether oxygens (including phenoxy) is 1. The molecule has 2 aromatic rings. The molecule has 0 atom stereocenters. The van der Waals surface area contributed by atoms with Gasteiger partial charge in [0.25, 0.3) is 0 Å². The van der Waals surface area contributed by atoms with E-state index in [1.807, 2.05) is 22.8 Å². The van der Waals surface area contributed by atoms with Gasteiger partial charge < -0.3 is 9.30 Å². The Bertz CT molecular complexity index is 557. The van der Waals surface area contributed by atoms with Crippen LogP contribution in [0.15, 0.2) is 52.0 Å². The van der Waals surface area contributed by atoms with Gasteiger partial charge in [0, 0.05) is 34.6 Å². The van der Waals surface area contributed by atoms with Crippen molar-refractivity contribution in [2.45, 2.75) is 6.54 Å². The average Bonchev–Trinajstić information content (AvgIpc) is 2.32. The van der Waals surface area contributed by atoms with Crippen LogP contribution in [0.1, 0.15) is 5.56 Å². The van der Waals surface area contributed by atoms with Crippen molar-refractivity contribution in [3.05, 3.63) is 63.0 Å². The molecule has 0 fully saturated rings. The number of rotatable bonds is 3. The zero-order chi connectivity index (χ0) is 12.3. The molecule has 0 bridgehead atoms. The predicted octanol–water partition coefficient (Wildman–Crippen LogP) is 2.67. The Labute approximate surface area is 108 Å². The largest absolute Gasteiger partial charge is 0.496 e. The third kappa shape index (κ3) is 2.97. The Morgan fingerprint density at radius 1 is 1.24 bits per heavy atom. The predicted molar refractivity (Wildman–Crippen MR) is 70.5 cm³/mol. The fourth-order valence-corrected chi connectivity index (χ4v) is 2.02. The van der Waals surface area contributed by atoms with Crippen molar-refractivity contribution in [1.82, 2.24) is 4.57 Å². The summed E-state index contributed by atoms with van der Waals surface area (Å²) >= 11 is 3.44. The van der Waals surface area contributed by atoms with E-state index < -0.39 is 0 Å². The summed E-state index contributed by atoms with van der Waals surface area (Å²) in [7, 11) is 1.65. The van der Waals surface area contributed by atoms with Crippen molar-refractivity contribution in [2.75, 3.05) is 7.11 Å². The maximum absolute atomic E-state index is 11.0. The van der Waals surface area contributed by atoms with Crippen LogP contribution in [0.25, 0.3) is 0 Å². The molecule has 0 N–H and O–H groups in total. The van der Waals surface area contributed by atoms with Crippen LogP contribution in [0, 0.1) is 0 Å². The minimum atomic E-state index is 0.0162. The highest BCUT2D eigenvalue weighted by atomic mass is 79.9. The van der Waals surface area contributed by atoms with E-state index in [4.69, 9.17) is 4.74 Å². The maximum Gasteiger partial charge on any atom is 0.181 e. The van der Waals surface area contributed by atoms with Gasteiger partial charge in [0.2, 0.25) is 0 Å². The van der Waals surface area contributed by atoms with Crippen LogP contribution in [-0.2, 0) is 6.54 Å². The SMILES string of the molecule is COc1ccc(Br)cc1Cn1ccc(=O)cc1. The molecule has 0 aliphatic carbocycles. The van der Waals surface area contributed by atoms with Crippen molar-refractivity contribution >= 4 is 15.9 Å². The molecule has 17 heavy (non-hydrogen) atoms. The lowest BCUT2D eigenvalue weighted by atomic mass is 10.2. The van der Waals surface area contributed by atoms with Crippen LogP contribution in [-0.4, -0.2) is 11.7 Å². The molecule has 0 aliphatic rings. The number of nitrogens with zero attached hydrogens (tertiary/aromatic N) is 1. The van der Waals surface area contributed by atoms with E-state index in [0.717, 1.165) is 15.8 Å². The number of hydrogen-bond acceptors (Lipinski definition) is 2. The molecule has 88 valence electrons.